The number of amides is 1. The number of nitrogens with one attached hydrogen (secondary N) is 2. The topological polar surface area (TPSA) is 95.5 Å². The smallest absolute Gasteiger partial charge is 0.419 e. The summed E-state index contributed by atoms with van der Waals surface area (Å²) < 4.78 is 27.4. The molecule has 1 amide bonds. The molecule has 4 rings (SSSR count). The van der Waals surface area contributed by atoms with Gasteiger partial charge in [0.15, 0.2) is 0 Å². The van der Waals surface area contributed by atoms with E-state index < -0.39 is 16.3 Å². The zero-order valence-electron chi connectivity index (χ0n) is 10.0. The third-order valence-corrected chi connectivity index (χ3v) is 5.77. The molecule has 102 valence electrons. The van der Waals surface area contributed by atoms with Crippen molar-refractivity contribution in [2.75, 3.05) is 0 Å². The van der Waals surface area contributed by atoms with Gasteiger partial charge in [0.2, 0.25) is 0 Å². The summed E-state index contributed by atoms with van der Waals surface area (Å²) in [7, 11) is -3.92. The standard InChI is InChI=1S/C11H18N2O4S/c14-11(15)13-18(16,17)12-10-8-2-6-1-7(4-8)5-9(10)3-6/h6-10,12-13H,1-5H2,(H,14,15). The molecule has 4 aliphatic rings. The van der Waals surface area contributed by atoms with Crippen LogP contribution < -0.4 is 9.44 Å². The largest absolute Gasteiger partial charge is 0.464 e. The van der Waals surface area contributed by atoms with Crippen molar-refractivity contribution in [3.05, 3.63) is 0 Å². The summed E-state index contributed by atoms with van der Waals surface area (Å²) in [5.74, 6) is 2.32. The predicted octanol–water partition coefficient (Wildman–Crippen LogP) is 0.913. The summed E-state index contributed by atoms with van der Waals surface area (Å²) in [4.78, 5) is 10.4. The van der Waals surface area contributed by atoms with Gasteiger partial charge in [-0.3, -0.25) is 0 Å². The van der Waals surface area contributed by atoms with Gasteiger partial charge in [-0.25, -0.2) is 9.52 Å². The van der Waals surface area contributed by atoms with Crippen molar-refractivity contribution in [2.24, 2.45) is 23.7 Å². The van der Waals surface area contributed by atoms with Gasteiger partial charge in [-0.05, 0) is 55.8 Å². The minimum absolute atomic E-state index is 0.0744. The van der Waals surface area contributed by atoms with Crippen molar-refractivity contribution in [3.63, 3.8) is 0 Å². The van der Waals surface area contributed by atoms with Gasteiger partial charge >= 0.3 is 16.3 Å². The Morgan fingerprint density at radius 3 is 1.94 bits per heavy atom. The summed E-state index contributed by atoms with van der Waals surface area (Å²) in [6, 6.07) is -0.0744. The van der Waals surface area contributed by atoms with Gasteiger partial charge in [0.05, 0.1) is 0 Å². The summed E-state index contributed by atoms with van der Waals surface area (Å²) in [6.45, 7) is 0. The van der Waals surface area contributed by atoms with E-state index in [0.717, 1.165) is 37.5 Å². The van der Waals surface area contributed by atoms with E-state index in [2.05, 4.69) is 4.72 Å². The molecule has 0 aromatic carbocycles. The highest BCUT2D eigenvalue weighted by Crippen LogP contribution is 2.53. The molecule has 0 atom stereocenters. The van der Waals surface area contributed by atoms with E-state index in [-0.39, 0.29) is 6.04 Å². The van der Waals surface area contributed by atoms with Crippen molar-refractivity contribution in [1.82, 2.24) is 9.44 Å². The zero-order chi connectivity index (χ0) is 12.9. The van der Waals surface area contributed by atoms with Crippen LogP contribution in [0.1, 0.15) is 32.1 Å². The normalized spacial score (nSPS) is 41.9. The van der Waals surface area contributed by atoms with Crippen LogP contribution in [0.5, 0.6) is 0 Å². The van der Waals surface area contributed by atoms with E-state index in [1.165, 1.54) is 6.42 Å². The molecule has 0 spiro atoms. The van der Waals surface area contributed by atoms with Crippen LogP contribution in [0.25, 0.3) is 0 Å². The van der Waals surface area contributed by atoms with Crippen molar-refractivity contribution in [1.29, 1.82) is 0 Å². The van der Waals surface area contributed by atoms with E-state index in [0.29, 0.717) is 11.8 Å². The average molecular weight is 274 g/mol. The van der Waals surface area contributed by atoms with E-state index in [1.54, 1.807) is 4.72 Å². The maximum absolute atomic E-state index is 11.6. The average Bonchev–Trinajstić information content (AvgIpc) is 2.20. The monoisotopic (exact) mass is 274 g/mol. The summed E-state index contributed by atoms with van der Waals surface area (Å²) in [5.41, 5.74) is 0. The molecular formula is C11H18N2O4S. The molecule has 6 nitrogen and oxygen atoms in total. The molecule has 0 radical (unpaired) electrons. The molecule has 4 aliphatic carbocycles. The second kappa shape index (κ2) is 4.09. The third kappa shape index (κ3) is 2.21. The SMILES string of the molecule is O=C(O)NS(=O)(=O)NC1C2CC3CC(C2)CC1C3. The summed E-state index contributed by atoms with van der Waals surface area (Å²) in [6.07, 6.45) is 4.13. The molecule has 0 aromatic heterocycles. The van der Waals surface area contributed by atoms with Gasteiger partial charge in [0, 0.05) is 6.04 Å². The van der Waals surface area contributed by atoms with Gasteiger partial charge < -0.3 is 5.11 Å². The second-order valence-electron chi connectivity index (χ2n) is 5.99. The molecule has 0 unspecified atom stereocenters. The van der Waals surface area contributed by atoms with Gasteiger partial charge in [-0.15, -0.1) is 0 Å². The van der Waals surface area contributed by atoms with E-state index >= 15 is 0 Å². The molecular weight excluding hydrogens is 256 g/mol. The predicted molar refractivity (Wildman–Crippen MR) is 64.0 cm³/mol. The maximum atomic E-state index is 11.6. The Morgan fingerprint density at radius 1 is 1.00 bits per heavy atom. The lowest BCUT2D eigenvalue weighted by atomic mass is 9.54. The summed E-state index contributed by atoms with van der Waals surface area (Å²) >= 11 is 0. The number of hydrogen-bond acceptors (Lipinski definition) is 3. The van der Waals surface area contributed by atoms with E-state index in [1.807, 2.05) is 0 Å². The van der Waals surface area contributed by atoms with Crippen LogP contribution in [0.4, 0.5) is 4.79 Å². The van der Waals surface area contributed by atoms with Crippen molar-refractivity contribution >= 4 is 16.3 Å². The van der Waals surface area contributed by atoms with Crippen LogP contribution in [-0.2, 0) is 10.2 Å². The fourth-order valence-corrected chi connectivity index (χ4v) is 5.47. The van der Waals surface area contributed by atoms with Gasteiger partial charge in [0.25, 0.3) is 0 Å². The number of hydrogen-bond donors (Lipinski definition) is 3. The van der Waals surface area contributed by atoms with Crippen LogP contribution in [0.3, 0.4) is 0 Å². The fourth-order valence-electron chi connectivity index (χ4n) is 4.44. The number of rotatable bonds is 3. The molecule has 0 saturated heterocycles. The highest BCUT2D eigenvalue weighted by molar-refractivity contribution is 7.88. The first-order valence-electron chi connectivity index (χ1n) is 6.46. The third-order valence-electron chi connectivity index (χ3n) is 4.74. The Kier molecular flexibility index (Phi) is 2.78. The minimum atomic E-state index is -3.92. The van der Waals surface area contributed by atoms with Crippen molar-refractivity contribution in [3.8, 4) is 0 Å². The Morgan fingerprint density at radius 2 is 1.50 bits per heavy atom. The van der Waals surface area contributed by atoms with E-state index in [9.17, 15) is 13.2 Å². The molecule has 3 N–H and O–H groups in total. The highest BCUT2D eigenvalue weighted by Gasteiger charge is 2.49. The van der Waals surface area contributed by atoms with E-state index in [4.69, 9.17) is 5.11 Å². The van der Waals surface area contributed by atoms with Crippen LogP contribution in [0.2, 0.25) is 0 Å². The Balaban J connectivity index is 1.72. The van der Waals surface area contributed by atoms with Crippen LogP contribution in [0.15, 0.2) is 0 Å². The lowest BCUT2D eigenvalue weighted by Gasteiger charge is -2.54. The van der Waals surface area contributed by atoms with Gasteiger partial charge in [-0.1, -0.05) is 0 Å². The van der Waals surface area contributed by atoms with Gasteiger partial charge in [0.1, 0.15) is 0 Å². The molecule has 0 aliphatic heterocycles. The van der Waals surface area contributed by atoms with Crippen LogP contribution in [-0.4, -0.2) is 25.7 Å². The highest BCUT2D eigenvalue weighted by atomic mass is 32.2. The molecule has 4 fully saturated rings. The Hall–Kier alpha value is -0.820. The fraction of sp³-hybridized carbons (Fsp3) is 0.909. The lowest BCUT2D eigenvalue weighted by molar-refractivity contribution is -0.00567. The number of carbonyl (C=O) groups is 1. The zero-order valence-corrected chi connectivity index (χ0v) is 10.8. The first-order chi connectivity index (χ1) is 8.43. The van der Waals surface area contributed by atoms with Crippen molar-refractivity contribution in [2.45, 2.75) is 38.1 Å². The Labute approximate surface area is 106 Å². The minimum Gasteiger partial charge on any atom is -0.464 e. The molecule has 4 bridgehead atoms. The summed E-state index contributed by atoms with van der Waals surface area (Å²) in [5, 5.41) is 8.50. The Bertz CT molecular complexity index is 434. The lowest BCUT2D eigenvalue weighted by Crippen LogP contribution is -2.57. The van der Waals surface area contributed by atoms with Crippen LogP contribution in [0, 0.1) is 23.7 Å². The molecule has 0 heterocycles. The maximum Gasteiger partial charge on any atom is 0.419 e. The van der Waals surface area contributed by atoms with Crippen LogP contribution >= 0.6 is 0 Å². The first-order valence-corrected chi connectivity index (χ1v) is 7.94. The van der Waals surface area contributed by atoms with Gasteiger partial charge in [-0.2, -0.15) is 13.1 Å². The molecule has 4 saturated carbocycles. The quantitative estimate of drug-likeness (QED) is 0.713. The first kappa shape index (κ1) is 12.2. The number of carboxylic acid groups (broad SMARTS) is 1. The van der Waals surface area contributed by atoms with Crippen molar-refractivity contribution < 1.29 is 18.3 Å². The molecule has 18 heavy (non-hydrogen) atoms. The second-order valence-corrected chi connectivity index (χ2v) is 7.43. The molecule has 0 aromatic rings. The molecule has 7 heteroatoms.